The second kappa shape index (κ2) is 3.76. The zero-order chi connectivity index (χ0) is 9.26. The van der Waals surface area contributed by atoms with E-state index in [1.165, 1.54) is 15.6 Å². The number of fused-ring (bicyclic) bond motifs is 1. The predicted octanol–water partition coefficient (Wildman–Crippen LogP) is 1.80. The number of aromatic nitrogens is 1. The number of hydrogen-bond acceptors (Lipinski definition) is 3. The second-order valence-electron chi connectivity index (χ2n) is 3.62. The smallest absolute Gasteiger partial charge is 0.0928 e. The number of hydrogen-bond donors (Lipinski definition) is 1. The van der Waals surface area contributed by atoms with Gasteiger partial charge in [-0.3, -0.25) is 0 Å². The second-order valence-corrected chi connectivity index (χ2v) is 4.79. The van der Waals surface area contributed by atoms with Crippen LogP contribution >= 0.6 is 11.3 Å². The molecule has 0 radical (unpaired) electrons. The first-order valence-corrected chi connectivity index (χ1v) is 5.73. The lowest BCUT2D eigenvalue weighted by Crippen LogP contribution is -2.16. The van der Waals surface area contributed by atoms with Gasteiger partial charge in [-0.05, 0) is 31.6 Å². The SMILES string of the molecule is CCc1nc2c(s1)CC(CO)CC2. The van der Waals surface area contributed by atoms with Gasteiger partial charge in [-0.25, -0.2) is 4.98 Å². The summed E-state index contributed by atoms with van der Waals surface area (Å²) in [5.74, 6) is 0.484. The van der Waals surface area contributed by atoms with Gasteiger partial charge in [-0.2, -0.15) is 0 Å². The molecule has 2 rings (SSSR count). The van der Waals surface area contributed by atoms with Gasteiger partial charge >= 0.3 is 0 Å². The number of rotatable bonds is 2. The predicted molar refractivity (Wildman–Crippen MR) is 54.1 cm³/mol. The standard InChI is InChI=1S/C10H15NOS/c1-2-10-11-8-4-3-7(6-12)5-9(8)13-10/h7,12H,2-6H2,1H3. The minimum Gasteiger partial charge on any atom is -0.396 e. The Hall–Kier alpha value is -0.410. The molecule has 1 aliphatic rings. The molecule has 0 saturated heterocycles. The number of thiazole rings is 1. The molecule has 0 spiro atoms. The van der Waals surface area contributed by atoms with Crippen molar-refractivity contribution in [2.75, 3.05) is 6.61 Å². The fourth-order valence-corrected chi connectivity index (χ4v) is 2.97. The van der Waals surface area contributed by atoms with E-state index in [0.29, 0.717) is 12.5 Å². The monoisotopic (exact) mass is 197 g/mol. The molecule has 72 valence electrons. The highest BCUT2D eigenvalue weighted by atomic mass is 32.1. The highest BCUT2D eigenvalue weighted by Crippen LogP contribution is 2.29. The lowest BCUT2D eigenvalue weighted by atomic mass is 9.92. The van der Waals surface area contributed by atoms with Crippen LogP contribution in [0.2, 0.25) is 0 Å². The first-order valence-electron chi connectivity index (χ1n) is 4.91. The van der Waals surface area contributed by atoms with Crippen LogP contribution in [0.4, 0.5) is 0 Å². The van der Waals surface area contributed by atoms with E-state index in [9.17, 15) is 0 Å². The Kier molecular flexibility index (Phi) is 2.65. The van der Waals surface area contributed by atoms with Gasteiger partial charge < -0.3 is 5.11 Å². The molecule has 1 N–H and O–H groups in total. The van der Waals surface area contributed by atoms with Gasteiger partial charge in [0.15, 0.2) is 0 Å². The van der Waals surface area contributed by atoms with Crippen LogP contribution in [-0.4, -0.2) is 16.7 Å². The summed E-state index contributed by atoms with van der Waals surface area (Å²) >= 11 is 1.83. The molecule has 0 aliphatic heterocycles. The fourth-order valence-electron chi connectivity index (χ4n) is 1.80. The van der Waals surface area contributed by atoms with Crippen LogP contribution in [0.15, 0.2) is 0 Å². The molecular formula is C10H15NOS. The van der Waals surface area contributed by atoms with Crippen molar-refractivity contribution in [1.82, 2.24) is 4.98 Å². The summed E-state index contributed by atoms with van der Waals surface area (Å²) in [4.78, 5) is 5.99. The average molecular weight is 197 g/mol. The van der Waals surface area contributed by atoms with E-state index in [-0.39, 0.29) is 0 Å². The molecule has 13 heavy (non-hydrogen) atoms. The summed E-state index contributed by atoms with van der Waals surface area (Å²) in [7, 11) is 0. The van der Waals surface area contributed by atoms with Gasteiger partial charge in [0.2, 0.25) is 0 Å². The van der Waals surface area contributed by atoms with Crippen LogP contribution < -0.4 is 0 Å². The molecule has 3 heteroatoms. The van der Waals surface area contributed by atoms with Crippen molar-refractivity contribution in [3.05, 3.63) is 15.6 Å². The van der Waals surface area contributed by atoms with Gasteiger partial charge in [0.05, 0.1) is 10.7 Å². The van der Waals surface area contributed by atoms with Crippen molar-refractivity contribution < 1.29 is 5.11 Å². The minimum atomic E-state index is 0.332. The quantitative estimate of drug-likeness (QED) is 0.784. The van der Waals surface area contributed by atoms with Crippen molar-refractivity contribution in [3.63, 3.8) is 0 Å². The summed E-state index contributed by atoms with van der Waals surface area (Å²) in [5.41, 5.74) is 1.30. The lowest BCUT2D eigenvalue weighted by Gasteiger charge is -2.18. The highest BCUT2D eigenvalue weighted by Gasteiger charge is 2.21. The average Bonchev–Trinajstić information content (AvgIpc) is 2.58. The summed E-state index contributed by atoms with van der Waals surface area (Å²) in [6.45, 7) is 2.48. The Morgan fingerprint density at radius 3 is 3.15 bits per heavy atom. The Morgan fingerprint density at radius 1 is 1.62 bits per heavy atom. The maximum Gasteiger partial charge on any atom is 0.0928 e. The van der Waals surface area contributed by atoms with E-state index in [2.05, 4.69) is 11.9 Å². The van der Waals surface area contributed by atoms with Gasteiger partial charge in [0, 0.05) is 11.5 Å². The summed E-state index contributed by atoms with van der Waals surface area (Å²) in [6, 6.07) is 0. The largest absolute Gasteiger partial charge is 0.396 e. The van der Waals surface area contributed by atoms with Gasteiger partial charge in [-0.1, -0.05) is 6.92 Å². The molecule has 1 aromatic heterocycles. The molecule has 0 saturated carbocycles. The number of aliphatic hydroxyl groups is 1. The summed E-state index contributed by atoms with van der Waals surface area (Å²) in [5, 5.41) is 10.3. The van der Waals surface area contributed by atoms with E-state index in [1.54, 1.807) is 0 Å². The van der Waals surface area contributed by atoms with E-state index in [1.807, 2.05) is 11.3 Å². The Labute approximate surface area is 82.6 Å². The zero-order valence-corrected chi connectivity index (χ0v) is 8.73. The van der Waals surface area contributed by atoms with Gasteiger partial charge in [0.1, 0.15) is 0 Å². The van der Waals surface area contributed by atoms with E-state index in [0.717, 1.165) is 25.7 Å². The summed E-state index contributed by atoms with van der Waals surface area (Å²) < 4.78 is 0. The topological polar surface area (TPSA) is 33.1 Å². The normalized spacial score (nSPS) is 21.5. The van der Waals surface area contributed by atoms with Gasteiger partial charge in [0.25, 0.3) is 0 Å². The number of nitrogens with zero attached hydrogens (tertiary/aromatic N) is 1. The maximum absolute atomic E-state index is 9.06. The highest BCUT2D eigenvalue weighted by molar-refractivity contribution is 7.11. The van der Waals surface area contributed by atoms with Crippen molar-refractivity contribution in [2.24, 2.45) is 5.92 Å². The van der Waals surface area contributed by atoms with E-state index >= 15 is 0 Å². The van der Waals surface area contributed by atoms with Crippen molar-refractivity contribution in [2.45, 2.75) is 32.6 Å². The minimum absolute atomic E-state index is 0.332. The van der Waals surface area contributed by atoms with Crippen molar-refractivity contribution in [3.8, 4) is 0 Å². The Morgan fingerprint density at radius 2 is 2.46 bits per heavy atom. The lowest BCUT2D eigenvalue weighted by molar-refractivity contribution is 0.214. The summed E-state index contributed by atoms with van der Waals surface area (Å²) in [6.07, 6.45) is 4.26. The Bertz CT molecular complexity index is 295. The van der Waals surface area contributed by atoms with E-state index in [4.69, 9.17) is 5.11 Å². The first-order chi connectivity index (χ1) is 6.33. The molecule has 1 aromatic rings. The first kappa shape index (κ1) is 9.16. The van der Waals surface area contributed by atoms with Crippen LogP contribution in [-0.2, 0) is 19.3 Å². The fraction of sp³-hybridized carbons (Fsp3) is 0.700. The van der Waals surface area contributed by atoms with Crippen LogP contribution in [0.1, 0.15) is 28.9 Å². The molecule has 1 aliphatic carbocycles. The molecule has 1 atom stereocenters. The molecule has 0 amide bonds. The van der Waals surface area contributed by atoms with Crippen LogP contribution in [0, 0.1) is 5.92 Å². The Balaban J connectivity index is 2.19. The number of aryl methyl sites for hydroxylation is 2. The van der Waals surface area contributed by atoms with Crippen LogP contribution in [0.25, 0.3) is 0 Å². The molecule has 1 unspecified atom stereocenters. The molecular weight excluding hydrogens is 182 g/mol. The molecule has 0 fully saturated rings. The van der Waals surface area contributed by atoms with Crippen molar-refractivity contribution in [1.29, 1.82) is 0 Å². The van der Waals surface area contributed by atoms with Crippen molar-refractivity contribution >= 4 is 11.3 Å². The maximum atomic E-state index is 9.06. The molecule has 2 nitrogen and oxygen atoms in total. The zero-order valence-electron chi connectivity index (χ0n) is 7.92. The van der Waals surface area contributed by atoms with Crippen LogP contribution in [0.5, 0.6) is 0 Å². The third kappa shape index (κ3) is 1.76. The number of aliphatic hydroxyl groups excluding tert-OH is 1. The third-order valence-electron chi connectivity index (χ3n) is 2.65. The van der Waals surface area contributed by atoms with E-state index < -0.39 is 0 Å². The molecule has 0 aromatic carbocycles. The molecule has 1 heterocycles. The third-order valence-corrected chi connectivity index (χ3v) is 3.91. The molecule has 0 bridgehead atoms. The van der Waals surface area contributed by atoms with Crippen LogP contribution in [0.3, 0.4) is 0 Å². The van der Waals surface area contributed by atoms with Gasteiger partial charge in [-0.15, -0.1) is 11.3 Å².